The van der Waals surface area contributed by atoms with Gasteiger partial charge in [0.1, 0.15) is 18.1 Å². The summed E-state index contributed by atoms with van der Waals surface area (Å²) in [5.74, 6) is 1.81. The molecule has 2 aliphatic heterocycles. The Morgan fingerprint density at radius 3 is 2.80 bits per heavy atom. The molecule has 0 bridgehead atoms. The summed E-state index contributed by atoms with van der Waals surface area (Å²) in [5.41, 5.74) is 3.88. The second-order valence-corrected chi connectivity index (χ2v) is 10.7. The van der Waals surface area contributed by atoms with E-state index in [2.05, 4.69) is 32.3 Å². The van der Waals surface area contributed by atoms with E-state index in [0.29, 0.717) is 30.5 Å². The van der Waals surface area contributed by atoms with E-state index in [0.717, 1.165) is 63.2 Å². The number of ether oxygens (including phenoxy) is 1. The number of nitrogens with one attached hydrogen (secondary N) is 1. The highest BCUT2D eigenvalue weighted by atomic mass is 16.5. The number of aliphatic hydroxyl groups excluding tert-OH is 1. The molecule has 10 nitrogen and oxygen atoms in total. The molecular weight excluding hydrogens is 510 g/mol. The largest absolute Gasteiger partial charge is 0.486 e. The lowest BCUT2D eigenvalue weighted by molar-refractivity contribution is -0.130. The van der Waals surface area contributed by atoms with Gasteiger partial charge in [-0.1, -0.05) is 6.07 Å². The van der Waals surface area contributed by atoms with E-state index in [1.54, 1.807) is 19.3 Å². The van der Waals surface area contributed by atoms with Crippen molar-refractivity contribution in [1.29, 1.82) is 0 Å². The third-order valence-corrected chi connectivity index (χ3v) is 7.74. The first-order valence-corrected chi connectivity index (χ1v) is 13.9. The third-order valence-electron chi connectivity index (χ3n) is 7.74. The van der Waals surface area contributed by atoms with Gasteiger partial charge in [-0.25, -0.2) is 4.98 Å². The highest BCUT2D eigenvalue weighted by molar-refractivity contribution is 5.92. The fraction of sp³-hybridized carbons (Fsp3) is 0.467. The van der Waals surface area contributed by atoms with E-state index < -0.39 is 6.10 Å². The van der Waals surface area contributed by atoms with Crippen LogP contribution in [0.25, 0.3) is 0 Å². The lowest BCUT2D eigenvalue weighted by atomic mass is 9.90. The first kappa shape index (κ1) is 27.8. The zero-order valence-electron chi connectivity index (χ0n) is 22.9. The number of oxazole rings is 1. The number of nitrogens with zero attached hydrogens (tertiary/aromatic N) is 4. The summed E-state index contributed by atoms with van der Waals surface area (Å²) in [4.78, 5) is 36.6. The Labute approximate surface area is 234 Å². The van der Waals surface area contributed by atoms with Gasteiger partial charge in [0.05, 0.1) is 12.3 Å². The van der Waals surface area contributed by atoms with Crippen molar-refractivity contribution in [3.8, 4) is 5.75 Å². The van der Waals surface area contributed by atoms with Crippen molar-refractivity contribution >= 4 is 11.8 Å². The maximum absolute atomic E-state index is 12.8. The zero-order valence-corrected chi connectivity index (χ0v) is 22.9. The molecule has 0 aliphatic carbocycles. The van der Waals surface area contributed by atoms with Gasteiger partial charge in [0, 0.05) is 52.4 Å². The first-order valence-electron chi connectivity index (χ1n) is 13.9. The molecule has 1 fully saturated rings. The Morgan fingerprint density at radius 1 is 1.18 bits per heavy atom. The van der Waals surface area contributed by atoms with Crippen LogP contribution in [0.15, 0.2) is 53.5 Å². The maximum atomic E-state index is 12.8. The Hall–Kier alpha value is -3.76. The van der Waals surface area contributed by atoms with Gasteiger partial charge in [0.25, 0.3) is 5.91 Å². The smallest absolute Gasteiger partial charge is 0.269 e. The number of aromatic nitrogens is 2. The normalized spacial score (nSPS) is 16.8. The van der Waals surface area contributed by atoms with Gasteiger partial charge in [0.15, 0.2) is 12.2 Å². The molecule has 0 saturated carbocycles. The number of β-amino-alcohol motifs (C(OH)–C–C–N with tert-alkyl or cyclic N) is 1. The Balaban J connectivity index is 1.05. The van der Waals surface area contributed by atoms with Gasteiger partial charge < -0.3 is 24.5 Å². The van der Waals surface area contributed by atoms with Crippen LogP contribution in [0.1, 0.15) is 52.7 Å². The van der Waals surface area contributed by atoms with Crippen LogP contribution in [-0.2, 0) is 30.8 Å². The average Bonchev–Trinajstić information content (AvgIpc) is 3.49. The number of pyridine rings is 1. The average molecular weight is 548 g/mol. The number of carbonyl (C=O) groups is 2. The van der Waals surface area contributed by atoms with Gasteiger partial charge >= 0.3 is 0 Å². The molecule has 0 radical (unpaired) electrons. The standard InChI is InChI=1S/C30H37N5O5/c1-21(36)35-10-5-22(6-11-35)12-23-4-8-32-29(13-23)30(38)33-15-26(37)18-34-9-7-24-14-27(3-2-25(24)17-34)39-19-28-16-31-20-40-28/h2-4,8,13-14,16,20,22,26,37H,5-7,9-12,15,17-19H2,1H3,(H,33,38)/t26-/m0/s1. The van der Waals surface area contributed by atoms with E-state index in [4.69, 9.17) is 9.15 Å². The molecule has 1 aromatic carbocycles. The minimum absolute atomic E-state index is 0.133. The highest BCUT2D eigenvalue weighted by Gasteiger charge is 2.22. The molecule has 2 aromatic heterocycles. The number of rotatable bonds is 10. The summed E-state index contributed by atoms with van der Waals surface area (Å²) in [6.45, 7) is 5.71. The molecule has 2 aliphatic rings. The molecular formula is C30H37N5O5. The number of benzene rings is 1. The minimum Gasteiger partial charge on any atom is -0.486 e. The molecule has 10 heteroatoms. The number of aliphatic hydroxyl groups is 1. The summed E-state index contributed by atoms with van der Waals surface area (Å²) in [7, 11) is 0. The third kappa shape index (κ3) is 7.45. The quantitative estimate of drug-likeness (QED) is 0.397. The fourth-order valence-corrected chi connectivity index (χ4v) is 5.48. The molecule has 40 heavy (non-hydrogen) atoms. The Bertz CT molecular complexity index is 1290. The predicted molar refractivity (Wildman–Crippen MR) is 148 cm³/mol. The molecule has 2 N–H and O–H groups in total. The van der Waals surface area contributed by atoms with Gasteiger partial charge in [-0.15, -0.1) is 0 Å². The van der Waals surface area contributed by atoms with Crippen LogP contribution >= 0.6 is 0 Å². The fourth-order valence-electron chi connectivity index (χ4n) is 5.48. The second-order valence-electron chi connectivity index (χ2n) is 10.7. The van der Waals surface area contributed by atoms with E-state index in [9.17, 15) is 14.7 Å². The number of carbonyl (C=O) groups excluding carboxylic acids is 2. The van der Waals surface area contributed by atoms with Crippen molar-refractivity contribution in [2.75, 3.05) is 32.7 Å². The van der Waals surface area contributed by atoms with Crippen molar-refractivity contribution in [3.05, 3.63) is 77.3 Å². The second kappa shape index (κ2) is 13.1. The number of amides is 2. The molecule has 1 atom stereocenters. The van der Waals surface area contributed by atoms with Gasteiger partial charge in [-0.3, -0.25) is 19.5 Å². The Kier molecular flexibility index (Phi) is 9.08. The number of piperidine rings is 1. The molecule has 3 aromatic rings. The van der Waals surface area contributed by atoms with Crippen molar-refractivity contribution in [2.24, 2.45) is 5.92 Å². The summed E-state index contributed by atoms with van der Waals surface area (Å²) >= 11 is 0. The van der Waals surface area contributed by atoms with Gasteiger partial charge in [-0.05, 0) is 72.6 Å². The van der Waals surface area contributed by atoms with E-state index in [1.807, 2.05) is 23.1 Å². The van der Waals surface area contributed by atoms with Crippen molar-refractivity contribution in [3.63, 3.8) is 0 Å². The van der Waals surface area contributed by atoms with Crippen molar-refractivity contribution in [2.45, 2.75) is 51.9 Å². The maximum Gasteiger partial charge on any atom is 0.269 e. The van der Waals surface area contributed by atoms with E-state index in [1.165, 1.54) is 17.5 Å². The molecule has 2 amide bonds. The molecule has 4 heterocycles. The molecule has 0 unspecified atom stereocenters. The lowest BCUT2D eigenvalue weighted by Gasteiger charge is -2.31. The van der Waals surface area contributed by atoms with Crippen LogP contribution in [0.3, 0.4) is 0 Å². The lowest BCUT2D eigenvalue weighted by Crippen LogP contribution is -2.42. The number of likely N-dealkylation sites (tertiary alicyclic amines) is 1. The number of fused-ring (bicyclic) bond motifs is 1. The molecule has 1 saturated heterocycles. The van der Waals surface area contributed by atoms with Crippen LogP contribution in [0, 0.1) is 5.92 Å². The van der Waals surface area contributed by atoms with E-state index in [-0.39, 0.29) is 18.4 Å². The molecule has 0 spiro atoms. The topological polar surface area (TPSA) is 121 Å². The van der Waals surface area contributed by atoms with Crippen LogP contribution < -0.4 is 10.1 Å². The summed E-state index contributed by atoms with van der Waals surface area (Å²) in [6, 6.07) is 9.87. The number of hydrogen-bond donors (Lipinski definition) is 2. The summed E-state index contributed by atoms with van der Waals surface area (Å²) in [6.07, 6.45) is 7.66. The van der Waals surface area contributed by atoms with Crippen LogP contribution in [-0.4, -0.2) is 75.5 Å². The zero-order chi connectivity index (χ0) is 27.9. The van der Waals surface area contributed by atoms with Gasteiger partial charge in [0.2, 0.25) is 5.91 Å². The van der Waals surface area contributed by atoms with Crippen molar-refractivity contribution < 1.29 is 23.8 Å². The molecule has 212 valence electrons. The Morgan fingerprint density at radius 2 is 2.02 bits per heavy atom. The SMILES string of the molecule is CC(=O)N1CCC(Cc2ccnc(C(=O)NC[C@H](O)CN3CCc4cc(OCc5cnco5)ccc4C3)c2)CC1. The van der Waals surface area contributed by atoms with E-state index >= 15 is 0 Å². The first-order chi connectivity index (χ1) is 19.4. The van der Waals surface area contributed by atoms with Crippen molar-refractivity contribution in [1.82, 2.24) is 25.1 Å². The molecule has 5 rings (SSSR count). The monoisotopic (exact) mass is 547 g/mol. The van der Waals surface area contributed by atoms with Gasteiger partial charge in [-0.2, -0.15) is 0 Å². The summed E-state index contributed by atoms with van der Waals surface area (Å²) in [5, 5.41) is 13.5. The van der Waals surface area contributed by atoms with Crippen LogP contribution in [0.4, 0.5) is 0 Å². The highest BCUT2D eigenvalue weighted by Crippen LogP contribution is 2.25. The number of hydrogen-bond acceptors (Lipinski definition) is 8. The predicted octanol–water partition coefficient (Wildman–Crippen LogP) is 2.60. The van der Waals surface area contributed by atoms with Crippen LogP contribution in [0.5, 0.6) is 5.75 Å². The van der Waals surface area contributed by atoms with Crippen LogP contribution in [0.2, 0.25) is 0 Å². The summed E-state index contributed by atoms with van der Waals surface area (Å²) < 4.78 is 11.0. The minimum atomic E-state index is -0.690.